The van der Waals surface area contributed by atoms with Crippen molar-refractivity contribution < 1.29 is 0 Å². The Labute approximate surface area is 145 Å². The van der Waals surface area contributed by atoms with Gasteiger partial charge >= 0.3 is 0 Å². The molecule has 1 aromatic heterocycles. The van der Waals surface area contributed by atoms with Gasteiger partial charge in [-0.15, -0.1) is 0 Å². The molecule has 0 amide bonds. The predicted octanol–water partition coefficient (Wildman–Crippen LogP) is 5.72. The van der Waals surface area contributed by atoms with Crippen LogP contribution in [0.15, 0.2) is 21.2 Å². The van der Waals surface area contributed by atoms with Crippen LogP contribution in [0.1, 0.15) is 58.2 Å². The zero-order chi connectivity index (χ0) is 15.4. The number of halogens is 2. The first-order valence-corrected chi connectivity index (χ1v) is 9.65. The van der Waals surface area contributed by atoms with E-state index in [1.54, 1.807) is 0 Å². The van der Waals surface area contributed by atoms with Crippen LogP contribution in [-0.4, -0.2) is 11.5 Å². The Balaban J connectivity index is 2.21. The van der Waals surface area contributed by atoms with Crippen molar-refractivity contribution in [1.82, 2.24) is 10.3 Å². The predicted molar refractivity (Wildman–Crippen MR) is 96.3 cm³/mol. The third-order valence-corrected chi connectivity index (χ3v) is 5.92. The minimum atomic E-state index is 0.363. The molecule has 1 saturated carbocycles. The van der Waals surface area contributed by atoms with Crippen LogP contribution in [-0.2, 0) is 0 Å². The number of aromatic nitrogens is 1. The van der Waals surface area contributed by atoms with Gasteiger partial charge in [0.2, 0.25) is 0 Å². The smallest absolute Gasteiger partial charge is 0.0718 e. The van der Waals surface area contributed by atoms with E-state index < -0.39 is 0 Å². The summed E-state index contributed by atoms with van der Waals surface area (Å²) < 4.78 is 2.13. The van der Waals surface area contributed by atoms with Gasteiger partial charge in [0.15, 0.2) is 0 Å². The van der Waals surface area contributed by atoms with Gasteiger partial charge in [-0.05, 0) is 81.5 Å². The van der Waals surface area contributed by atoms with Crippen LogP contribution >= 0.6 is 31.9 Å². The second-order valence-corrected chi connectivity index (χ2v) is 8.25. The molecule has 4 atom stereocenters. The molecule has 1 aliphatic carbocycles. The Morgan fingerprint density at radius 2 is 2.05 bits per heavy atom. The summed E-state index contributed by atoms with van der Waals surface area (Å²) in [5, 5.41) is 3.74. The van der Waals surface area contributed by atoms with Gasteiger partial charge in [-0.1, -0.05) is 27.2 Å². The monoisotopic (exact) mass is 416 g/mol. The van der Waals surface area contributed by atoms with Gasteiger partial charge in [0.1, 0.15) is 0 Å². The molecule has 0 aliphatic heterocycles. The van der Waals surface area contributed by atoms with E-state index in [2.05, 4.69) is 64.0 Å². The molecule has 21 heavy (non-hydrogen) atoms. The summed E-state index contributed by atoms with van der Waals surface area (Å²) in [6.07, 6.45) is 7.01. The molecule has 1 fully saturated rings. The van der Waals surface area contributed by atoms with Gasteiger partial charge < -0.3 is 5.32 Å². The van der Waals surface area contributed by atoms with E-state index in [9.17, 15) is 0 Å². The summed E-state index contributed by atoms with van der Waals surface area (Å²) >= 11 is 7.20. The van der Waals surface area contributed by atoms with E-state index >= 15 is 0 Å². The maximum Gasteiger partial charge on any atom is 0.0718 e. The second kappa shape index (κ2) is 8.07. The fourth-order valence-electron chi connectivity index (χ4n) is 3.33. The van der Waals surface area contributed by atoms with Gasteiger partial charge in [-0.3, -0.25) is 4.98 Å². The molecule has 1 N–H and O–H groups in total. The first-order valence-electron chi connectivity index (χ1n) is 8.07. The molecule has 1 aliphatic rings. The normalized spacial score (nSPS) is 27.6. The van der Waals surface area contributed by atoms with Crippen LogP contribution in [0.5, 0.6) is 0 Å². The highest BCUT2D eigenvalue weighted by Crippen LogP contribution is 2.41. The van der Waals surface area contributed by atoms with Crippen molar-refractivity contribution in [1.29, 1.82) is 0 Å². The second-order valence-electron chi connectivity index (χ2n) is 6.48. The third-order valence-electron chi connectivity index (χ3n) is 4.86. The van der Waals surface area contributed by atoms with Crippen molar-refractivity contribution in [2.45, 2.75) is 52.5 Å². The lowest BCUT2D eigenvalue weighted by molar-refractivity contribution is 0.169. The molecule has 4 unspecified atom stereocenters. The molecule has 0 bridgehead atoms. The van der Waals surface area contributed by atoms with Gasteiger partial charge in [0.05, 0.1) is 11.7 Å². The topological polar surface area (TPSA) is 24.9 Å². The van der Waals surface area contributed by atoms with Gasteiger partial charge in [0.25, 0.3) is 0 Å². The maximum atomic E-state index is 4.69. The molecule has 1 aromatic rings. The SMILES string of the molecule is CCCNC(c1ncc(Br)cc1Br)C1CCC(C)C(C)C1. The average Bonchev–Trinajstić information content (AvgIpc) is 2.44. The summed E-state index contributed by atoms with van der Waals surface area (Å²) in [7, 11) is 0. The fraction of sp³-hybridized carbons (Fsp3) is 0.706. The van der Waals surface area contributed by atoms with Crippen LogP contribution in [0.2, 0.25) is 0 Å². The Kier molecular flexibility index (Phi) is 6.70. The molecule has 0 spiro atoms. The highest BCUT2D eigenvalue weighted by molar-refractivity contribution is 9.11. The van der Waals surface area contributed by atoms with Crippen LogP contribution in [0.4, 0.5) is 0 Å². The van der Waals surface area contributed by atoms with Crippen molar-refractivity contribution in [2.75, 3.05) is 6.54 Å². The van der Waals surface area contributed by atoms with Crippen LogP contribution in [0.3, 0.4) is 0 Å². The highest BCUT2D eigenvalue weighted by atomic mass is 79.9. The minimum Gasteiger partial charge on any atom is -0.308 e. The van der Waals surface area contributed by atoms with Crippen molar-refractivity contribution in [3.05, 3.63) is 26.9 Å². The third kappa shape index (κ3) is 4.52. The van der Waals surface area contributed by atoms with E-state index in [4.69, 9.17) is 4.98 Å². The van der Waals surface area contributed by atoms with Gasteiger partial charge in [0, 0.05) is 15.1 Å². The fourth-order valence-corrected chi connectivity index (χ4v) is 4.57. The Morgan fingerprint density at radius 1 is 1.29 bits per heavy atom. The van der Waals surface area contributed by atoms with Gasteiger partial charge in [-0.2, -0.15) is 0 Å². The lowest BCUT2D eigenvalue weighted by Gasteiger charge is -2.37. The first kappa shape index (κ1) is 17.4. The molecule has 118 valence electrons. The molecule has 4 heteroatoms. The number of nitrogens with one attached hydrogen (secondary N) is 1. The van der Waals surface area contributed by atoms with E-state index in [1.807, 2.05) is 6.20 Å². The number of hydrogen-bond acceptors (Lipinski definition) is 2. The van der Waals surface area contributed by atoms with Gasteiger partial charge in [-0.25, -0.2) is 0 Å². The Morgan fingerprint density at radius 3 is 2.67 bits per heavy atom. The quantitative estimate of drug-likeness (QED) is 0.662. The molecule has 2 nitrogen and oxygen atoms in total. The van der Waals surface area contributed by atoms with E-state index in [0.717, 1.165) is 33.7 Å². The van der Waals surface area contributed by atoms with Crippen molar-refractivity contribution >= 4 is 31.9 Å². The van der Waals surface area contributed by atoms with Crippen LogP contribution < -0.4 is 5.32 Å². The van der Waals surface area contributed by atoms with Crippen molar-refractivity contribution in [2.24, 2.45) is 17.8 Å². The molecular formula is C17H26Br2N2. The summed E-state index contributed by atoms with van der Waals surface area (Å²) in [4.78, 5) is 4.69. The number of hydrogen-bond donors (Lipinski definition) is 1. The van der Waals surface area contributed by atoms with Crippen molar-refractivity contribution in [3.8, 4) is 0 Å². The Bertz CT molecular complexity index is 464. The Hall–Kier alpha value is 0.0700. The van der Waals surface area contributed by atoms with E-state index in [1.165, 1.54) is 25.0 Å². The number of pyridine rings is 1. The molecule has 0 radical (unpaired) electrons. The zero-order valence-corrected chi connectivity index (χ0v) is 16.4. The summed E-state index contributed by atoms with van der Waals surface area (Å²) in [6, 6.07) is 2.47. The van der Waals surface area contributed by atoms with Crippen LogP contribution in [0.25, 0.3) is 0 Å². The van der Waals surface area contributed by atoms with E-state index in [-0.39, 0.29) is 0 Å². The largest absolute Gasteiger partial charge is 0.308 e. The lowest BCUT2D eigenvalue weighted by Crippen LogP contribution is -2.34. The van der Waals surface area contributed by atoms with E-state index in [0.29, 0.717) is 12.0 Å². The minimum absolute atomic E-state index is 0.363. The molecule has 1 heterocycles. The number of nitrogens with zero attached hydrogens (tertiary/aromatic N) is 1. The lowest BCUT2D eigenvalue weighted by atomic mass is 9.72. The molecule has 0 saturated heterocycles. The average molecular weight is 418 g/mol. The molecule has 0 aromatic carbocycles. The highest BCUT2D eigenvalue weighted by Gasteiger charge is 2.32. The standard InChI is InChI=1S/C17H26Br2N2/c1-4-7-20-16(13-6-5-11(2)12(3)8-13)17-15(19)9-14(18)10-21-17/h9-13,16,20H,4-8H2,1-3H3. The molecular weight excluding hydrogens is 392 g/mol. The summed E-state index contributed by atoms with van der Waals surface area (Å²) in [5.74, 6) is 2.35. The number of rotatable bonds is 5. The first-order chi connectivity index (χ1) is 10.0. The maximum absolute atomic E-state index is 4.69. The van der Waals surface area contributed by atoms with Crippen LogP contribution in [0, 0.1) is 17.8 Å². The summed E-state index contributed by atoms with van der Waals surface area (Å²) in [6.45, 7) is 8.07. The van der Waals surface area contributed by atoms with Crippen molar-refractivity contribution in [3.63, 3.8) is 0 Å². The summed E-state index contributed by atoms with van der Waals surface area (Å²) in [5.41, 5.74) is 1.17. The molecule has 2 rings (SSSR count). The zero-order valence-electron chi connectivity index (χ0n) is 13.2.